The van der Waals surface area contributed by atoms with Crippen molar-refractivity contribution < 1.29 is 4.79 Å². The number of carbonyl (C=O) groups is 1. The van der Waals surface area contributed by atoms with Crippen molar-refractivity contribution in [1.82, 2.24) is 24.4 Å². The molecule has 7 nitrogen and oxygen atoms in total. The quantitative estimate of drug-likeness (QED) is 0.891. The van der Waals surface area contributed by atoms with Crippen LogP contribution in [0.1, 0.15) is 67.5 Å². The smallest absolute Gasteiger partial charge is 0.263 e. The number of carbonyl (C=O) groups excluding carboxylic acids is 1. The molecular formula is C19H27N5O2. The Kier molecular flexibility index (Phi) is 5.54. The first-order valence-corrected chi connectivity index (χ1v) is 9.35. The number of hydrogen-bond acceptors (Lipinski definition) is 4. The van der Waals surface area contributed by atoms with Crippen molar-refractivity contribution >= 4 is 5.91 Å². The summed E-state index contributed by atoms with van der Waals surface area (Å²) in [6, 6.07) is 0.141. The third-order valence-electron chi connectivity index (χ3n) is 5.11. The first-order valence-electron chi connectivity index (χ1n) is 9.35. The maximum absolute atomic E-state index is 13.0. The summed E-state index contributed by atoms with van der Waals surface area (Å²) >= 11 is 0. The largest absolute Gasteiger partial charge is 0.335 e. The van der Waals surface area contributed by atoms with Gasteiger partial charge in [0.05, 0.1) is 0 Å². The Morgan fingerprint density at radius 2 is 2.15 bits per heavy atom. The molecule has 0 aromatic carbocycles. The molecule has 0 aliphatic carbocycles. The van der Waals surface area contributed by atoms with Crippen molar-refractivity contribution in [3.05, 3.63) is 46.2 Å². The average molecular weight is 357 g/mol. The van der Waals surface area contributed by atoms with Gasteiger partial charge in [-0.3, -0.25) is 9.59 Å². The predicted octanol–water partition coefficient (Wildman–Crippen LogP) is 2.48. The SMILES string of the molecule is Cc1nccn1CC[C@@H]1CCCCN1C(=O)c1cnc(C(C)C)[nH]c1=O. The van der Waals surface area contributed by atoms with E-state index in [4.69, 9.17) is 0 Å². The highest BCUT2D eigenvalue weighted by Gasteiger charge is 2.29. The minimum atomic E-state index is -0.344. The Labute approximate surface area is 153 Å². The van der Waals surface area contributed by atoms with E-state index in [1.807, 2.05) is 31.9 Å². The number of aromatic amines is 1. The van der Waals surface area contributed by atoms with E-state index in [1.54, 1.807) is 6.20 Å². The predicted molar refractivity (Wildman–Crippen MR) is 99.2 cm³/mol. The van der Waals surface area contributed by atoms with E-state index < -0.39 is 0 Å². The van der Waals surface area contributed by atoms with Gasteiger partial charge < -0.3 is 14.5 Å². The summed E-state index contributed by atoms with van der Waals surface area (Å²) in [6.07, 6.45) is 9.10. The van der Waals surface area contributed by atoms with Crippen molar-refractivity contribution in [3.63, 3.8) is 0 Å². The summed E-state index contributed by atoms with van der Waals surface area (Å²) in [7, 11) is 0. The second-order valence-electron chi connectivity index (χ2n) is 7.27. The molecule has 0 spiro atoms. The Morgan fingerprint density at radius 3 is 2.81 bits per heavy atom. The van der Waals surface area contributed by atoms with Crippen LogP contribution < -0.4 is 5.56 Å². The fourth-order valence-corrected chi connectivity index (χ4v) is 3.51. The van der Waals surface area contributed by atoms with Gasteiger partial charge in [0, 0.05) is 43.6 Å². The van der Waals surface area contributed by atoms with E-state index in [9.17, 15) is 9.59 Å². The number of rotatable bonds is 5. The van der Waals surface area contributed by atoms with Gasteiger partial charge in [-0.15, -0.1) is 0 Å². The number of imidazole rings is 1. The number of H-pyrrole nitrogens is 1. The van der Waals surface area contributed by atoms with Gasteiger partial charge in [0.15, 0.2) is 0 Å². The van der Waals surface area contributed by atoms with Gasteiger partial charge in [-0.1, -0.05) is 13.8 Å². The first-order chi connectivity index (χ1) is 12.5. The van der Waals surface area contributed by atoms with Crippen molar-refractivity contribution in [2.75, 3.05) is 6.54 Å². The second kappa shape index (κ2) is 7.85. The minimum absolute atomic E-state index is 0.119. The van der Waals surface area contributed by atoms with Crippen LogP contribution in [0.15, 0.2) is 23.4 Å². The maximum atomic E-state index is 13.0. The molecule has 1 saturated heterocycles. The normalized spacial score (nSPS) is 17.7. The molecule has 0 radical (unpaired) electrons. The van der Waals surface area contributed by atoms with Crippen molar-refractivity contribution in [2.24, 2.45) is 0 Å². The average Bonchev–Trinajstić information content (AvgIpc) is 3.04. The van der Waals surface area contributed by atoms with E-state index in [2.05, 4.69) is 19.5 Å². The summed E-state index contributed by atoms with van der Waals surface area (Å²) in [5, 5.41) is 0. The number of aryl methyl sites for hydroxylation is 2. The fourth-order valence-electron chi connectivity index (χ4n) is 3.51. The molecule has 3 rings (SSSR count). The van der Waals surface area contributed by atoms with Crippen LogP contribution >= 0.6 is 0 Å². The van der Waals surface area contributed by atoms with Crippen LogP contribution in [0.3, 0.4) is 0 Å². The molecule has 2 aromatic heterocycles. The highest BCUT2D eigenvalue weighted by molar-refractivity contribution is 5.93. The van der Waals surface area contributed by atoms with Gasteiger partial charge >= 0.3 is 0 Å². The molecule has 26 heavy (non-hydrogen) atoms. The molecule has 0 unspecified atom stereocenters. The first kappa shape index (κ1) is 18.4. The molecule has 2 aromatic rings. The summed E-state index contributed by atoms with van der Waals surface area (Å²) in [6.45, 7) is 7.40. The lowest BCUT2D eigenvalue weighted by atomic mass is 9.98. The van der Waals surface area contributed by atoms with Crippen LogP contribution in [0, 0.1) is 6.92 Å². The number of aromatic nitrogens is 4. The Balaban J connectivity index is 1.75. The van der Waals surface area contributed by atoms with Crippen LogP contribution in [0.25, 0.3) is 0 Å². The molecule has 1 amide bonds. The summed E-state index contributed by atoms with van der Waals surface area (Å²) in [4.78, 5) is 38.5. The number of nitrogens with zero attached hydrogens (tertiary/aromatic N) is 4. The molecule has 1 atom stereocenters. The van der Waals surface area contributed by atoms with Crippen molar-refractivity contribution in [1.29, 1.82) is 0 Å². The minimum Gasteiger partial charge on any atom is -0.335 e. The second-order valence-corrected chi connectivity index (χ2v) is 7.27. The van der Waals surface area contributed by atoms with E-state index in [-0.39, 0.29) is 29.0 Å². The highest BCUT2D eigenvalue weighted by Crippen LogP contribution is 2.22. The van der Waals surface area contributed by atoms with Crippen LogP contribution in [-0.2, 0) is 6.54 Å². The summed E-state index contributed by atoms with van der Waals surface area (Å²) < 4.78 is 2.10. The maximum Gasteiger partial charge on any atom is 0.263 e. The van der Waals surface area contributed by atoms with E-state index in [0.717, 1.165) is 38.1 Å². The lowest BCUT2D eigenvalue weighted by Crippen LogP contribution is -2.45. The monoisotopic (exact) mass is 357 g/mol. The van der Waals surface area contributed by atoms with E-state index in [1.165, 1.54) is 6.20 Å². The van der Waals surface area contributed by atoms with Gasteiger partial charge in [0.2, 0.25) is 0 Å². The fraction of sp³-hybridized carbons (Fsp3) is 0.579. The molecule has 1 aliphatic heterocycles. The van der Waals surface area contributed by atoms with Gasteiger partial charge in [-0.2, -0.15) is 0 Å². The molecule has 0 bridgehead atoms. The molecule has 0 saturated carbocycles. The van der Waals surface area contributed by atoms with E-state index in [0.29, 0.717) is 12.4 Å². The number of amides is 1. The Hall–Kier alpha value is -2.44. The zero-order valence-corrected chi connectivity index (χ0v) is 15.7. The lowest BCUT2D eigenvalue weighted by Gasteiger charge is -2.36. The third kappa shape index (κ3) is 3.86. The topological polar surface area (TPSA) is 83.9 Å². The van der Waals surface area contributed by atoms with Gasteiger partial charge in [-0.05, 0) is 32.6 Å². The zero-order valence-electron chi connectivity index (χ0n) is 15.7. The third-order valence-corrected chi connectivity index (χ3v) is 5.11. The zero-order chi connectivity index (χ0) is 18.7. The molecule has 7 heteroatoms. The number of hydrogen-bond donors (Lipinski definition) is 1. The highest BCUT2D eigenvalue weighted by atomic mass is 16.2. The van der Waals surface area contributed by atoms with Crippen molar-refractivity contribution in [2.45, 2.75) is 65.0 Å². The standard InChI is InChI=1S/C19H27N5O2/c1-13(2)17-21-12-16(18(25)22-17)19(26)24-9-5-4-6-15(24)7-10-23-11-8-20-14(23)3/h8,11-13,15H,4-7,9-10H2,1-3H3,(H,21,22,25)/t15-/m0/s1. The van der Waals surface area contributed by atoms with Gasteiger partial charge in [0.1, 0.15) is 17.2 Å². The number of nitrogens with one attached hydrogen (secondary N) is 1. The molecule has 1 fully saturated rings. The van der Waals surface area contributed by atoms with Crippen LogP contribution in [0.4, 0.5) is 0 Å². The van der Waals surface area contributed by atoms with Crippen molar-refractivity contribution in [3.8, 4) is 0 Å². The van der Waals surface area contributed by atoms with Crippen LogP contribution in [0.5, 0.6) is 0 Å². The van der Waals surface area contributed by atoms with Crippen LogP contribution in [0.2, 0.25) is 0 Å². The van der Waals surface area contributed by atoms with Gasteiger partial charge in [0.25, 0.3) is 11.5 Å². The van der Waals surface area contributed by atoms with Gasteiger partial charge in [-0.25, -0.2) is 9.97 Å². The molecule has 140 valence electrons. The molecule has 1 aliphatic rings. The number of piperidine rings is 1. The molecule has 1 N–H and O–H groups in total. The number of likely N-dealkylation sites (tertiary alicyclic amines) is 1. The van der Waals surface area contributed by atoms with E-state index >= 15 is 0 Å². The molecular weight excluding hydrogens is 330 g/mol. The molecule has 3 heterocycles. The lowest BCUT2D eigenvalue weighted by molar-refractivity contribution is 0.0593. The summed E-state index contributed by atoms with van der Waals surface area (Å²) in [5.41, 5.74) is -0.205. The van der Waals surface area contributed by atoms with Crippen LogP contribution in [-0.4, -0.2) is 42.9 Å². The summed E-state index contributed by atoms with van der Waals surface area (Å²) in [5.74, 6) is 1.50. The Bertz CT molecular complexity index is 823. The Morgan fingerprint density at radius 1 is 1.35 bits per heavy atom.